The molecule has 0 radical (unpaired) electrons. The molecule has 0 N–H and O–H groups in total. The maximum atomic E-state index is 11.5. The van der Waals surface area contributed by atoms with Gasteiger partial charge < -0.3 is 4.74 Å². The van der Waals surface area contributed by atoms with Crippen molar-refractivity contribution >= 4 is 5.97 Å². The van der Waals surface area contributed by atoms with E-state index in [1.54, 1.807) is 0 Å². The first-order valence-corrected chi connectivity index (χ1v) is 5.68. The Hall–Kier alpha value is -1.35. The number of ether oxygens (including phenoxy) is 1. The van der Waals surface area contributed by atoms with Crippen LogP contribution in [0.15, 0.2) is 30.3 Å². The fourth-order valence-corrected chi connectivity index (χ4v) is 1.41. The zero-order valence-corrected chi connectivity index (χ0v) is 9.98. The molecule has 0 aliphatic heterocycles. The highest BCUT2D eigenvalue weighted by molar-refractivity contribution is 5.71. The number of hydrogen-bond acceptors (Lipinski definition) is 3. The van der Waals surface area contributed by atoms with Gasteiger partial charge in [0.05, 0.1) is 6.54 Å². The fourth-order valence-electron chi connectivity index (χ4n) is 1.41. The second-order valence-corrected chi connectivity index (χ2v) is 3.61. The first-order valence-electron chi connectivity index (χ1n) is 5.68. The first kappa shape index (κ1) is 12.7. The third kappa shape index (κ3) is 4.45. The van der Waals surface area contributed by atoms with Crippen molar-refractivity contribution in [2.45, 2.75) is 20.5 Å². The van der Waals surface area contributed by atoms with Crippen molar-refractivity contribution in [3.63, 3.8) is 0 Å². The van der Waals surface area contributed by atoms with Crippen molar-refractivity contribution in [3.05, 3.63) is 35.9 Å². The van der Waals surface area contributed by atoms with E-state index < -0.39 is 0 Å². The Bertz CT molecular complexity index is 307. The number of carbonyl (C=O) groups is 1. The Morgan fingerprint density at radius 1 is 1.19 bits per heavy atom. The zero-order chi connectivity index (χ0) is 11.8. The SMILES string of the molecule is CCN(CC)CC(=O)OCc1ccccc1. The van der Waals surface area contributed by atoms with E-state index in [0.29, 0.717) is 13.2 Å². The lowest BCUT2D eigenvalue weighted by atomic mass is 10.2. The van der Waals surface area contributed by atoms with Gasteiger partial charge in [-0.25, -0.2) is 0 Å². The molecule has 0 atom stereocenters. The van der Waals surface area contributed by atoms with Gasteiger partial charge in [0.2, 0.25) is 0 Å². The molecule has 1 rings (SSSR count). The smallest absolute Gasteiger partial charge is 0.320 e. The normalized spacial score (nSPS) is 10.4. The van der Waals surface area contributed by atoms with Crippen molar-refractivity contribution in [1.82, 2.24) is 4.90 Å². The van der Waals surface area contributed by atoms with E-state index in [4.69, 9.17) is 4.74 Å². The maximum Gasteiger partial charge on any atom is 0.320 e. The molecule has 0 saturated carbocycles. The van der Waals surface area contributed by atoms with Gasteiger partial charge in [-0.15, -0.1) is 0 Å². The summed E-state index contributed by atoms with van der Waals surface area (Å²) in [5, 5.41) is 0. The molecule has 0 amide bonds. The van der Waals surface area contributed by atoms with E-state index in [2.05, 4.69) is 0 Å². The predicted molar refractivity (Wildman–Crippen MR) is 64.0 cm³/mol. The molecular weight excluding hydrogens is 202 g/mol. The summed E-state index contributed by atoms with van der Waals surface area (Å²) in [5.41, 5.74) is 1.02. The van der Waals surface area contributed by atoms with Crippen LogP contribution >= 0.6 is 0 Å². The van der Waals surface area contributed by atoms with Gasteiger partial charge >= 0.3 is 5.97 Å². The molecule has 1 aromatic rings. The molecule has 0 saturated heterocycles. The Kier molecular flexibility index (Phi) is 5.57. The quantitative estimate of drug-likeness (QED) is 0.689. The second kappa shape index (κ2) is 7.01. The number of esters is 1. The highest BCUT2D eigenvalue weighted by atomic mass is 16.5. The number of likely N-dealkylation sites (N-methyl/N-ethyl adjacent to an activating group) is 1. The van der Waals surface area contributed by atoms with Gasteiger partial charge in [-0.2, -0.15) is 0 Å². The molecule has 0 spiro atoms. The number of rotatable bonds is 6. The number of hydrogen-bond donors (Lipinski definition) is 0. The summed E-state index contributed by atoms with van der Waals surface area (Å²) in [5.74, 6) is -0.160. The Morgan fingerprint density at radius 3 is 2.38 bits per heavy atom. The van der Waals surface area contributed by atoms with Gasteiger partial charge in [0.15, 0.2) is 0 Å². The molecule has 88 valence electrons. The van der Waals surface area contributed by atoms with E-state index in [1.165, 1.54) is 0 Å². The predicted octanol–water partition coefficient (Wildman–Crippen LogP) is 2.07. The van der Waals surface area contributed by atoms with Crippen LogP contribution in [0.5, 0.6) is 0 Å². The third-order valence-corrected chi connectivity index (χ3v) is 2.49. The summed E-state index contributed by atoms with van der Waals surface area (Å²) in [7, 11) is 0. The van der Waals surface area contributed by atoms with Crippen LogP contribution in [0.25, 0.3) is 0 Å². The Labute approximate surface area is 97.0 Å². The number of benzene rings is 1. The van der Waals surface area contributed by atoms with Crippen molar-refractivity contribution in [2.75, 3.05) is 19.6 Å². The van der Waals surface area contributed by atoms with Gasteiger partial charge in [-0.1, -0.05) is 44.2 Å². The molecule has 1 aromatic carbocycles. The van der Waals surface area contributed by atoms with E-state index >= 15 is 0 Å². The molecule has 0 aliphatic carbocycles. The summed E-state index contributed by atoms with van der Waals surface area (Å²) in [6, 6.07) is 9.72. The summed E-state index contributed by atoms with van der Waals surface area (Å²) in [4.78, 5) is 13.5. The first-order chi connectivity index (χ1) is 7.76. The van der Waals surface area contributed by atoms with E-state index in [-0.39, 0.29) is 5.97 Å². The fraction of sp³-hybridized carbons (Fsp3) is 0.462. The van der Waals surface area contributed by atoms with Gasteiger partial charge in [-0.05, 0) is 18.7 Å². The molecule has 0 aromatic heterocycles. The summed E-state index contributed by atoms with van der Waals surface area (Å²) in [6.07, 6.45) is 0. The highest BCUT2D eigenvalue weighted by Gasteiger charge is 2.08. The average molecular weight is 221 g/mol. The van der Waals surface area contributed by atoms with E-state index in [9.17, 15) is 4.79 Å². The molecular formula is C13H19NO2. The van der Waals surface area contributed by atoms with Gasteiger partial charge in [0, 0.05) is 0 Å². The largest absolute Gasteiger partial charge is 0.460 e. The van der Waals surface area contributed by atoms with Crippen LogP contribution in [-0.2, 0) is 16.1 Å². The highest BCUT2D eigenvalue weighted by Crippen LogP contribution is 2.01. The molecule has 0 unspecified atom stereocenters. The minimum absolute atomic E-state index is 0.160. The van der Waals surface area contributed by atoms with Crippen molar-refractivity contribution in [2.24, 2.45) is 0 Å². The molecule has 0 aliphatic rings. The lowest BCUT2D eigenvalue weighted by molar-refractivity contribution is -0.146. The molecule has 0 bridgehead atoms. The lowest BCUT2D eigenvalue weighted by Crippen LogP contribution is -2.30. The molecule has 3 nitrogen and oxygen atoms in total. The second-order valence-electron chi connectivity index (χ2n) is 3.61. The van der Waals surface area contributed by atoms with Crippen LogP contribution in [0, 0.1) is 0 Å². The van der Waals surface area contributed by atoms with Crippen LogP contribution in [0.2, 0.25) is 0 Å². The molecule has 0 heterocycles. The monoisotopic (exact) mass is 221 g/mol. The molecule has 16 heavy (non-hydrogen) atoms. The van der Waals surface area contributed by atoms with E-state index in [0.717, 1.165) is 18.7 Å². The van der Waals surface area contributed by atoms with Gasteiger partial charge in [0.25, 0.3) is 0 Å². The standard InChI is InChI=1S/C13H19NO2/c1-3-14(4-2)10-13(15)16-11-12-8-6-5-7-9-12/h5-9H,3-4,10-11H2,1-2H3. The van der Waals surface area contributed by atoms with Gasteiger partial charge in [-0.3, -0.25) is 9.69 Å². The average Bonchev–Trinajstić information content (AvgIpc) is 2.34. The van der Waals surface area contributed by atoms with Crippen LogP contribution in [0.3, 0.4) is 0 Å². The van der Waals surface area contributed by atoms with Gasteiger partial charge in [0.1, 0.15) is 6.61 Å². The minimum atomic E-state index is -0.160. The summed E-state index contributed by atoms with van der Waals surface area (Å²) >= 11 is 0. The maximum absolute atomic E-state index is 11.5. The topological polar surface area (TPSA) is 29.5 Å². The summed E-state index contributed by atoms with van der Waals surface area (Å²) in [6.45, 7) is 6.55. The van der Waals surface area contributed by atoms with Crippen LogP contribution in [0.1, 0.15) is 19.4 Å². The number of nitrogens with zero attached hydrogens (tertiary/aromatic N) is 1. The summed E-state index contributed by atoms with van der Waals surface area (Å²) < 4.78 is 5.18. The van der Waals surface area contributed by atoms with Crippen LogP contribution in [-0.4, -0.2) is 30.5 Å². The van der Waals surface area contributed by atoms with Crippen LogP contribution in [0.4, 0.5) is 0 Å². The van der Waals surface area contributed by atoms with Crippen molar-refractivity contribution < 1.29 is 9.53 Å². The Balaban J connectivity index is 2.30. The van der Waals surface area contributed by atoms with Crippen molar-refractivity contribution in [3.8, 4) is 0 Å². The molecule has 0 fully saturated rings. The lowest BCUT2D eigenvalue weighted by Gasteiger charge is -2.16. The third-order valence-electron chi connectivity index (χ3n) is 2.49. The number of carbonyl (C=O) groups excluding carboxylic acids is 1. The molecule has 3 heteroatoms. The Morgan fingerprint density at radius 2 is 1.81 bits per heavy atom. The van der Waals surface area contributed by atoms with Crippen LogP contribution < -0.4 is 0 Å². The van der Waals surface area contributed by atoms with Crippen molar-refractivity contribution in [1.29, 1.82) is 0 Å². The zero-order valence-electron chi connectivity index (χ0n) is 9.98. The van der Waals surface area contributed by atoms with E-state index in [1.807, 2.05) is 49.1 Å². The minimum Gasteiger partial charge on any atom is -0.460 e.